The van der Waals surface area contributed by atoms with Gasteiger partial charge in [-0.2, -0.15) is 0 Å². The summed E-state index contributed by atoms with van der Waals surface area (Å²) in [7, 11) is 0. The molecule has 1 N–H and O–H groups in total. The molecule has 2 saturated carbocycles. The first kappa shape index (κ1) is 11.4. The van der Waals surface area contributed by atoms with E-state index in [1.165, 1.54) is 38.5 Å². The zero-order valence-corrected chi connectivity index (χ0v) is 10.9. The van der Waals surface area contributed by atoms with Gasteiger partial charge in [-0.1, -0.05) is 53.4 Å². The van der Waals surface area contributed by atoms with E-state index >= 15 is 0 Å². The Morgan fingerprint density at radius 3 is 1.67 bits per heavy atom. The predicted octanol–water partition coefficient (Wildman–Crippen LogP) is 3.73. The van der Waals surface area contributed by atoms with E-state index in [-0.39, 0.29) is 0 Å². The van der Waals surface area contributed by atoms with Crippen LogP contribution in [0.25, 0.3) is 0 Å². The van der Waals surface area contributed by atoms with Crippen LogP contribution in [0.15, 0.2) is 0 Å². The van der Waals surface area contributed by atoms with Crippen molar-refractivity contribution in [1.82, 2.24) is 5.32 Å². The molecule has 0 aromatic rings. The van der Waals surface area contributed by atoms with Crippen LogP contribution in [0.4, 0.5) is 0 Å². The van der Waals surface area contributed by atoms with Crippen molar-refractivity contribution in [2.24, 2.45) is 10.8 Å². The highest BCUT2D eigenvalue weighted by atomic mass is 15.1. The van der Waals surface area contributed by atoms with E-state index in [1.54, 1.807) is 0 Å². The van der Waals surface area contributed by atoms with Gasteiger partial charge in [0, 0.05) is 12.1 Å². The van der Waals surface area contributed by atoms with Crippen LogP contribution in [-0.4, -0.2) is 12.1 Å². The van der Waals surface area contributed by atoms with E-state index in [9.17, 15) is 0 Å². The van der Waals surface area contributed by atoms with Gasteiger partial charge in [-0.15, -0.1) is 0 Å². The van der Waals surface area contributed by atoms with Crippen molar-refractivity contribution in [1.29, 1.82) is 0 Å². The number of hydrogen-bond acceptors (Lipinski definition) is 1. The topological polar surface area (TPSA) is 12.0 Å². The van der Waals surface area contributed by atoms with Crippen molar-refractivity contribution < 1.29 is 0 Å². The van der Waals surface area contributed by atoms with Gasteiger partial charge in [0.05, 0.1) is 0 Å². The fourth-order valence-electron chi connectivity index (χ4n) is 3.29. The molecule has 0 aromatic carbocycles. The molecule has 0 unspecified atom stereocenters. The maximum atomic E-state index is 3.91. The van der Waals surface area contributed by atoms with Crippen LogP contribution in [0.1, 0.15) is 66.2 Å². The Morgan fingerprint density at radius 2 is 1.27 bits per heavy atom. The van der Waals surface area contributed by atoms with E-state index in [4.69, 9.17) is 0 Å². The minimum Gasteiger partial charge on any atom is -0.310 e. The standard InChI is InChI=1S/C14H27N/c1-13(2)12(14(13,3)4)15-11-9-7-5-6-8-10-11/h11-12,15H,5-10H2,1-4H3. The van der Waals surface area contributed by atoms with Gasteiger partial charge < -0.3 is 5.32 Å². The lowest BCUT2D eigenvalue weighted by Gasteiger charge is -2.17. The Kier molecular flexibility index (Phi) is 2.87. The van der Waals surface area contributed by atoms with E-state index in [1.807, 2.05) is 0 Å². The number of rotatable bonds is 2. The smallest absolute Gasteiger partial charge is 0.0183 e. The van der Waals surface area contributed by atoms with Gasteiger partial charge in [0.25, 0.3) is 0 Å². The van der Waals surface area contributed by atoms with E-state index < -0.39 is 0 Å². The molecule has 15 heavy (non-hydrogen) atoms. The number of nitrogens with one attached hydrogen (secondary N) is 1. The summed E-state index contributed by atoms with van der Waals surface area (Å²) in [4.78, 5) is 0. The first-order valence-corrected chi connectivity index (χ1v) is 6.72. The second-order valence-corrected chi connectivity index (χ2v) is 6.73. The molecule has 2 fully saturated rings. The Hall–Kier alpha value is -0.0400. The third kappa shape index (κ3) is 1.95. The van der Waals surface area contributed by atoms with Gasteiger partial charge >= 0.3 is 0 Å². The Morgan fingerprint density at radius 1 is 0.800 bits per heavy atom. The second kappa shape index (κ2) is 3.76. The first-order chi connectivity index (χ1) is 6.96. The molecule has 2 rings (SSSR count). The highest BCUT2D eigenvalue weighted by Gasteiger charge is 2.64. The molecule has 2 aliphatic carbocycles. The SMILES string of the molecule is CC1(C)C(NC2CCCCCC2)C1(C)C. The Labute approximate surface area is 95.0 Å². The van der Waals surface area contributed by atoms with Gasteiger partial charge in [-0.25, -0.2) is 0 Å². The molecule has 0 radical (unpaired) electrons. The summed E-state index contributed by atoms with van der Waals surface area (Å²) in [5, 5.41) is 3.91. The molecule has 0 aliphatic heterocycles. The molecule has 1 heteroatoms. The van der Waals surface area contributed by atoms with Gasteiger partial charge in [0.15, 0.2) is 0 Å². The summed E-state index contributed by atoms with van der Waals surface area (Å²) in [5.74, 6) is 0. The minimum atomic E-state index is 0.499. The third-order valence-corrected chi connectivity index (χ3v) is 5.28. The third-order valence-electron chi connectivity index (χ3n) is 5.28. The average molecular weight is 209 g/mol. The highest BCUT2D eigenvalue weighted by molar-refractivity contribution is 5.18. The Bertz CT molecular complexity index is 207. The van der Waals surface area contributed by atoms with Crippen molar-refractivity contribution in [2.75, 3.05) is 0 Å². The molecule has 0 heterocycles. The zero-order chi connectivity index (χ0) is 11.1. The van der Waals surface area contributed by atoms with E-state index in [0.717, 1.165) is 12.1 Å². The summed E-state index contributed by atoms with van der Waals surface area (Å²) < 4.78 is 0. The summed E-state index contributed by atoms with van der Waals surface area (Å²) in [6.07, 6.45) is 8.59. The normalized spacial score (nSPS) is 31.2. The highest BCUT2D eigenvalue weighted by Crippen LogP contribution is 2.62. The van der Waals surface area contributed by atoms with Crippen LogP contribution in [0.2, 0.25) is 0 Å². The van der Waals surface area contributed by atoms with Gasteiger partial charge in [0.2, 0.25) is 0 Å². The second-order valence-electron chi connectivity index (χ2n) is 6.73. The van der Waals surface area contributed by atoms with Gasteiger partial charge in [-0.05, 0) is 23.7 Å². The van der Waals surface area contributed by atoms with Crippen LogP contribution in [0, 0.1) is 10.8 Å². The minimum absolute atomic E-state index is 0.499. The fourth-order valence-corrected chi connectivity index (χ4v) is 3.29. The maximum absolute atomic E-state index is 3.91. The van der Waals surface area contributed by atoms with Crippen molar-refractivity contribution in [3.8, 4) is 0 Å². The van der Waals surface area contributed by atoms with Crippen LogP contribution < -0.4 is 5.32 Å². The Balaban J connectivity index is 1.87. The van der Waals surface area contributed by atoms with Crippen molar-refractivity contribution in [3.63, 3.8) is 0 Å². The molecule has 0 bridgehead atoms. The van der Waals surface area contributed by atoms with Crippen LogP contribution in [0.3, 0.4) is 0 Å². The van der Waals surface area contributed by atoms with E-state index in [0.29, 0.717) is 10.8 Å². The van der Waals surface area contributed by atoms with Crippen molar-refractivity contribution in [3.05, 3.63) is 0 Å². The van der Waals surface area contributed by atoms with Gasteiger partial charge in [-0.3, -0.25) is 0 Å². The molecule has 0 saturated heterocycles. The molecule has 1 nitrogen and oxygen atoms in total. The molecular weight excluding hydrogens is 182 g/mol. The summed E-state index contributed by atoms with van der Waals surface area (Å²) in [6.45, 7) is 9.62. The zero-order valence-electron chi connectivity index (χ0n) is 10.9. The molecule has 0 spiro atoms. The molecule has 0 aromatic heterocycles. The van der Waals surface area contributed by atoms with Crippen LogP contribution >= 0.6 is 0 Å². The summed E-state index contributed by atoms with van der Waals surface area (Å²) in [5.41, 5.74) is 0.999. The monoisotopic (exact) mass is 209 g/mol. The van der Waals surface area contributed by atoms with Crippen molar-refractivity contribution in [2.45, 2.75) is 78.3 Å². The van der Waals surface area contributed by atoms with Gasteiger partial charge in [0.1, 0.15) is 0 Å². The first-order valence-electron chi connectivity index (χ1n) is 6.72. The fraction of sp³-hybridized carbons (Fsp3) is 1.00. The molecule has 2 aliphatic rings. The number of hydrogen-bond donors (Lipinski definition) is 1. The summed E-state index contributed by atoms with van der Waals surface area (Å²) >= 11 is 0. The summed E-state index contributed by atoms with van der Waals surface area (Å²) in [6, 6.07) is 1.55. The largest absolute Gasteiger partial charge is 0.310 e. The average Bonchev–Trinajstić information content (AvgIpc) is 2.68. The molecule has 0 atom stereocenters. The quantitative estimate of drug-likeness (QED) is 0.683. The molecule has 88 valence electrons. The lowest BCUT2D eigenvalue weighted by atomic mass is 10.0. The maximum Gasteiger partial charge on any atom is 0.0183 e. The molecule has 0 amide bonds. The van der Waals surface area contributed by atoms with Crippen LogP contribution in [0.5, 0.6) is 0 Å². The van der Waals surface area contributed by atoms with Crippen LogP contribution in [-0.2, 0) is 0 Å². The lowest BCUT2D eigenvalue weighted by molar-refractivity contribution is 0.420. The molecular formula is C14H27N. The van der Waals surface area contributed by atoms with Crippen molar-refractivity contribution >= 4 is 0 Å². The van der Waals surface area contributed by atoms with E-state index in [2.05, 4.69) is 33.0 Å². The lowest BCUT2D eigenvalue weighted by Crippen LogP contribution is -2.33. The predicted molar refractivity (Wildman–Crippen MR) is 66.0 cm³/mol.